The molecule has 174 valence electrons. The van der Waals surface area contributed by atoms with E-state index in [1.165, 1.54) is 19.3 Å². The fourth-order valence-corrected chi connectivity index (χ4v) is 7.50. The fraction of sp³-hybridized carbons (Fsp3) is 0.593. The summed E-state index contributed by atoms with van der Waals surface area (Å²) in [5.74, 6) is 1.82. The molecular weight excluding hydrogens is 414 g/mol. The number of aryl methyl sites for hydroxylation is 1. The largest absolute Gasteiger partial charge is 0.466 e. The van der Waals surface area contributed by atoms with Crippen molar-refractivity contribution in [2.45, 2.75) is 70.4 Å². The topological polar surface area (TPSA) is 73.2 Å². The molecule has 6 nitrogen and oxygen atoms in total. The predicted molar refractivity (Wildman–Crippen MR) is 124 cm³/mol. The maximum atomic E-state index is 13.9. The molecule has 1 amide bonds. The van der Waals surface area contributed by atoms with Gasteiger partial charge in [-0.3, -0.25) is 14.3 Å². The fourth-order valence-electron chi connectivity index (χ4n) is 7.50. The zero-order chi connectivity index (χ0) is 22.6. The summed E-state index contributed by atoms with van der Waals surface area (Å²) in [6.45, 7) is 2.78. The van der Waals surface area contributed by atoms with Gasteiger partial charge in [-0.1, -0.05) is 30.3 Å². The Morgan fingerprint density at radius 3 is 2.64 bits per heavy atom. The number of benzene rings is 1. The number of hydrogen-bond donors (Lipinski definition) is 1. The van der Waals surface area contributed by atoms with Crippen molar-refractivity contribution in [2.24, 2.45) is 23.7 Å². The first-order valence-corrected chi connectivity index (χ1v) is 12.7. The van der Waals surface area contributed by atoms with Crippen LogP contribution < -0.4 is 5.32 Å². The molecule has 2 aromatic rings. The lowest BCUT2D eigenvalue weighted by Gasteiger charge is -2.34. The van der Waals surface area contributed by atoms with E-state index in [0.717, 1.165) is 47.9 Å². The number of nitrogens with zero attached hydrogens (tertiary/aromatic N) is 2. The van der Waals surface area contributed by atoms with E-state index in [4.69, 9.17) is 9.84 Å². The molecule has 0 aliphatic heterocycles. The average molecular weight is 448 g/mol. The summed E-state index contributed by atoms with van der Waals surface area (Å²) in [7, 11) is 0. The van der Waals surface area contributed by atoms with Crippen LogP contribution in [0.15, 0.2) is 30.3 Å². The van der Waals surface area contributed by atoms with Crippen molar-refractivity contribution in [1.82, 2.24) is 15.1 Å². The van der Waals surface area contributed by atoms with Crippen molar-refractivity contribution < 1.29 is 14.3 Å². The van der Waals surface area contributed by atoms with Gasteiger partial charge in [-0.25, -0.2) is 0 Å². The van der Waals surface area contributed by atoms with Crippen LogP contribution >= 0.6 is 0 Å². The SMILES string of the molecule is CCOC(=O)C1CCc2nn(Cc3ccccc3)c(C(=O)NC34CC5CC(CC3C5)C4)c2C1. The molecule has 1 heterocycles. The number of amides is 1. The Morgan fingerprint density at radius 2 is 1.91 bits per heavy atom. The highest BCUT2D eigenvalue weighted by atomic mass is 16.5. The zero-order valence-corrected chi connectivity index (χ0v) is 19.4. The number of carbonyl (C=O) groups excluding carboxylic acids is 2. The molecule has 6 heteroatoms. The Kier molecular flexibility index (Phi) is 5.07. The van der Waals surface area contributed by atoms with Gasteiger partial charge in [0.1, 0.15) is 5.69 Å². The van der Waals surface area contributed by atoms with E-state index in [1.54, 1.807) is 0 Å². The molecule has 1 aromatic carbocycles. The van der Waals surface area contributed by atoms with Gasteiger partial charge in [0, 0.05) is 11.1 Å². The van der Waals surface area contributed by atoms with Crippen molar-refractivity contribution in [3.63, 3.8) is 0 Å². The summed E-state index contributed by atoms with van der Waals surface area (Å²) >= 11 is 0. The average Bonchev–Trinajstić information content (AvgIpc) is 3.36. The molecule has 1 aromatic heterocycles. The van der Waals surface area contributed by atoms with Gasteiger partial charge in [0.15, 0.2) is 0 Å². The summed E-state index contributed by atoms with van der Waals surface area (Å²) in [6, 6.07) is 10.2. The van der Waals surface area contributed by atoms with Gasteiger partial charge in [-0.2, -0.15) is 5.10 Å². The maximum absolute atomic E-state index is 13.9. The van der Waals surface area contributed by atoms with Crippen LogP contribution in [0.5, 0.6) is 0 Å². The van der Waals surface area contributed by atoms with Gasteiger partial charge < -0.3 is 10.1 Å². The third-order valence-electron chi connectivity index (χ3n) is 8.68. The zero-order valence-electron chi connectivity index (χ0n) is 19.4. The van der Waals surface area contributed by atoms with Gasteiger partial charge in [0.25, 0.3) is 5.91 Å². The number of hydrogen-bond acceptors (Lipinski definition) is 4. The number of carbonyl (C=O) groups is 2. The van der Waals surface area contributed by atoms with Crippen molar-refractivity contribution in [3.05, 3.63) is 52.8 Å². The van der Waals surface area contributed by atoms with E-state index in [9.17, 15) is 9.59 Å². The highest BCUT2D eigenvalue weighted by Gasteiger charge is 2.58. The minimum absolute atomic E-state index is 0.00242. The number of ether oxygens (including phenoxy) is 1. The van der Waals surface area contributed by atoms with E-state index in [2.05, 4.69) is 17.4 Å². The van der Waals surface area contributed by atoms with Gasteiger partial charge in [-0.05, 0) is 81.6 Å². The number of rotatable bonds is 6. The normalized spacial score (nSPS) is 31.4. The summed E-state index contributed by atoms with van der Waals surface area (Å²) in [5.41, 5.74) is 3.65. The second-order valence-electron chi connectivity index (χ2n) is 10.8. The van der Waals surface area contributed by atoms with Crippen LogP contribution in [0, 0.1) is 23.7 Å². The third-order valence-corrected chi connectivity index (χ3v) is 8.68. The minimum atomic E-state index is -0.199. The number of esters is 1. The molecule has 5 aliphatic carbocycles. The second kappa shape index (κ2) is 8.00. The standard InChI is InChI=1S/C27H33N3O3/c1-2-33-26(32)20-8-9-23-22(13-20)24(30(29-23)16-17-6-4-3-5-7-17)25(31)28-27-14-18-10-19(15-27)12-21(27)11-18/h3-7,18-21H,2,8-16H2,1H3,(H,28,31). The molecule has 3 unspecified atom stereocenters. The number of aromatic nitrogens is 2. The molecule has 5 aliphatic rings. The smallest absolute Gasteiger partial charge is 0.309 e. The maximum Gasteiger partial charge on any atom is 0.309 e. The van der Waals surface area contributed by atoms with Crippen molar-refractivity contribution in [3.8, 4) is 0 Å². The lowest BCUT2D eigenvalue weighted by Crippen LogP contribution is -2.50. The highest BCUT2D eigenvalue weighted by molar-refractivity contribution is 5.95. The Hall–Kier alpha value is -2.63. The lowest BCUT2D eigenvalue weighted by atomic mass is 9.80. The van der Waals surface area contributed by atoms with Gasteiger partial charge >= 0.3 is 5.97 Å². The molecule has 7 rings (SSSR count). The molecule has 4 bridgehead atoms. The quantitative estimate of drug-likeness (QED) is 0.682. The first kappa shape index (κ1) is 20.9. The monoisotopic (exact) mass is 447 g/mol. The molecule has 33 heavy (non-hydrogen) atoms. The summed E-state index contributed by atoms with van der Waals surface area (Å²) in [5, 5.41) is 8.44. The van der Waals surface area contributed by atoms with Crippen LogP contribution in [-0.4, -0.2) is 33.8 Å². The molecule has 1 N–H and O–H groups in total. The van der Waals surface area contributed by atoms with E-state index < -0.39 is 0 Å². The first-order valence-electron chi connectivity index (χ1n) is 12.7. The van der Waals surface area contributed by atoms with E-state index in [0.29, 0.717) is 37.6 Å². The predicted octanol–water partition coefficient (Wildman–Crippen LogP) is 3.91. The van der Waals surface area contributed by atoms with E-state index >= 15 is 0 Å². The van der Waals surface area contributed by atoms with Crippen LogP contribution in [0.1, 0.15) is 72.8 Å². The Labute approximate surface area is 195 Å². The van der Waals surface area contributed by atoms with Crippen LogP contribution in [0.4, 0.5) is 0 Å². The van der Waals surface area contributed by atoms with Crippen LogP contribution in [-0.2, 0) is 28.9 Å². The molecule has 0 spiro atoms. The van der Waals surface area contributed by atoms with Gasteiger partial charge in [-0.15, -0.1) is 0 Å². The number of nitrogens with one attached hydrogen (secondary N) is 1. The Bertz CT molecular complexity index is 1060. The van der Waals surface area contributed by atoms with Crippen LogP contribution in [0.2, 0.25) is 0 Å². The highest BCUT2D eigenvalue weighted by Crippen LogP contribution is 2.60. The Balaban J connectivity index is 1.33. The Morgan fingerprint density at radius 1 is 1.15 bits per heavy atom. The summed E-state index contributed by atoms with van der Waals surface area (Å²) in [4.78, 5) is 26.4. The van der Waals surface area contributed by atoms with E-state index in [1.807, 2.05) is 29.8 Å². The minimum Gasteiger partial charge on any atom is -0.466 e. The summed E-state index contributed by atoms with van der Waals surface area (Å²) < 4.78 is 7.20. The van der Waals surface area contributed by atoms with Crippen molar-refractivity contribution in [2.75, 3.05) is 6.61 Å². The van der Waals surface area contributed by atoms with E-state index in [-0.39, 0.29) is 23.3 Å². The molecule has 0 saturated heterocycles. The second-order valence-corrected chi connectivity index (χ2v) is 10.8. The van der Waals surface area contributed by atoms with Gasteiger partial charge in [0.05, 0.1) is 24.8 Å². The third kappa shape index (κ3) is 3.58. The first-order chi connectivity index (χ1) is 16.0. The molecule has 3 atom stereocenters. The molecule has 0 radical (unpaired) electrons. The molecule has 4 saturated carbocycles. The lowest BCUT2D eigenvalue weighted by molar-refractivity contribution is -0.148. The summed E-state index contributed by atoms with van der Waals surface area (Å²) in [6.07, 6.45) is 8.10. The van der Waals surface area contributed by atoms with Crippen molar-refractivity contribution >= 4 is 11.9 Å². The number of fused-ring (bicyclic) bond motifs is 1. The van der Waals surface area contributed by atoms with Crippen molar-refractivity contribution in [1.29, 1.82) is 0 Å². The molecule has 4 fully saturated rings. The van der Waals surface area contributed by atoms with Crippen LogP contribution in [0.25, 0.3) is 0 Å². The molecular formula is C27H33N3O3. The van der Waals surface area contributed by atoms with Crippen LogP contribution in [0.3, 0.4) is 0 Å². The van der Waals surface area contributed by atoms with Gasteiger partial charge in [0.2, 0.25) is 0 Å².